The van der Waals surface area contributed by atoms with Crippen LogP contribution in [0.3, 0.4) is 0 Å². The first-order valence-electron chi connectivity index (χ1n) is 22.5. The van der Waals surface area contributed by atoms with Crippen LogP contribution < -0.4 is 15.8 Å². The minimum atomic E-state index is -1.18. The Hall–Kier alpha value is -5.53. The van der Waals surface area contributed by atoms with Crippen molar-refractivity contribution in [2.45, 2.75) is 45.6 Å². The molecule has 2 N–H and O–H groups in total. The van der Waals surface area contributed by atoms with Gasteiger partial charge in [-0.05, 0) is 61.4 Å². The maximum absolute atomic E-state index is 13.4. The zero-order valence-corrected chi connectivity index (χ0v) is 38.1. The molecule has 3 aromatic heterocycles. The summed E-state index contributed by atoms with van der Waals surface area (Å²) in [4.78, 5) is 49.3. The van der Waals surface area contributed by atoms with Crippen LogP contribution in [-0.4, -0.2) is 156 Å². The maximum atomic E-state index is 13.4. The number of anilines is 3. The molecule has 0 spiro atoms. The number of carbonyl (C=O) groups excluding carboxylic acids is 1. The highest BCUT2D eigenvalue weighted by Gasteiger charge is 2.24. The van der Waals surface area contributed by atoms with E-state index in [-0.39, 0.29) is 18.0 Å². The molecule has 17 heteroatoms. The summed E-state index contributed by atoms with van der Waals surface area (Å²) in [6.45, 7) is 19.9. The van der Waals surface area contributed by atoms with E-state index in [1.165, 1.54) is 22.0 Å². The summed E-state index contributed by atoms with van der Waals surface area (Å²) < 4.78 is 25.5. The van der Waals surface area contributed by atoms with Gasteiger partial charge in [-0.1, -0.05) is 36.4 Å². The van der Waals surface area contributed by atoms with E-state index in [9.17, 15) is 14.7 Å². The number of nitrogens with zero attached hydrogens (tertiary/aromatic N) is 9. The van der Waals surface area contributed by atoms with E-state index in [2.05, 4.69) is 60.8 Å². The van der Waals surface area contributed by atoms with Crippen LogP contribution in [0.4, 0.5) is 17.3 Å². The number of fused-ring (bicyclic) bond motifs is 1. The summed E-state index contributed by atoms with van der Waals surface area (Å²) in [5.74, 6) is 0.841. The van der Waals surface area contributed by atoms with E-state index in [1.54, 1.807) is 49.9 Å². The van der Waals surface area contributed by atoms with E-state index in [4.69, 9.17) is 23.9 Å². The van der Waals surface area contributed by atoms with E-state index < -0.39 is 5.60 Å². The molecule has 5 heterocycles. The second-order valence-electron chi connectivity index (χ2n) is 16.9. The Balaban J connectivity index is 0.753. The fourth-order valence-corrected chi connectivity index (χ4v) is 7.98. The normalized spacial score (nSPS) is 15.2. The van der Waals surface area contributed by atoms with Crippen molar-refractivity contribution in [3.63, 3.8) is 0 Å². The molecule has 0 aliphatic carbocycles. The third-order valence-corrected chi connectivity index (χ3v) is 11.6. The van der Waals surface area contributed by atoms with Crippen molar-refractivity contribution < 1.29 is 28.8 Å². The number of benzene rings is 2. The summed E-state index contributed by atoms with van der Waals surface area (Å²) >= 11 is 0. The van der Waals surface area contributed by atoms with Gasteiger partial charge in [-0.3, -0.25) is 19.4 Å². The summed E-state index contributed by atoms with van der Waals surface area (Å²) in [7, 11) is 1.72. The second-order valence-corrected chi connectivity index (χ2v) is 16.9. The average molecular weight is 893 g/mol. The van der Waals surface area contributed by atoms with Crippen LogP contribution in [-0.2, 0) is 49.0 Å². The lowest BCUT2D eigenvalue weighted by atomic mass is 10.1. The van der Waals surface area contributed by atoms with Gasteiger partial charge in [0.25, 0.3) is 5.56 Å². The number of piperazine rings is 2. The Morgan fingerprint density at radius 2 is 1.48 bits per heavy atom. The fraction of sp³-hybridized carbons (Fsp3) is 0.479. The standard InChI is InChI=1S/C48H64N10O7/c1-5-18-57-46(60)41-34-49-47(52-45(41)58(57)43-8-6-7-42(51-43)48(2,3)61)50-39-13-15-40(16-14-39)55-23-25-56(26-24-55)44(59)17-28-63-30-32-65-33-31-64-29-27-53-19-21-54(22-20-53)35-37-9-11-38(12-10-37)36-62-4/h5-16,34,61H,1,17-33,35-36H2,2-4H3,(H,49,50,52). The smallest absolute Gasteiger partial charge is 0.278 e. The first-order valence-corrected chi connectivity index (χ1v) is 22.5. The molecular formula is C48H64N10O7. The molecule has 2 aromatic carbocycles. The molecule has 0 saturated carbocycles. The number of nitrogens with one attached hydrogen (secondary N) is 1. The highest BCUT2D eigenvalue weighted by atomic mass is 16.5. The van der Waals surface area contributed by atoms with Gasteiger partial charge in [0.05, 0.1) is 64.9 Å². The lowest BCUT2D eigenvalue weighted by Crippen LogP contribution is -2.49. The average Bonchev–Trinajstić information content (AvgIpc) is 3.59. The molecule has 1 amide bonds. The minimum absolute atomic E-state index is 0.0934. The number of aliphatic hydroxyl groups is 1. The summed E-state index contributed by atoms with van der Waals surface area (Å²) in [5, 5.41) is 14.2. The van der Waals surface area contributed by atoms with Crippen molar-refractivity contribution in [1.29, 1.82) is 0 Å². The molecule has 2 aliphatic heterocycles. The Morgan fingerprint density at radius 1 is 0.815 bits per heavy atom. The molecule has 2 saturated heterocycles. The number of pyridine rings is 1. The number of aromatic nitrogens is 5. The highest BCUT2D eigenvalue weighted by molar-refractivity contribution is 5.77. The molecular weight excluding hydrogens is 829 g/mol. The fourth-order valence-electron chi connectivity index (χ4n) is 7.98. The van der Waals surface area contributed by atoms with Gasteiger partial charge in [-0.25, -0.2) is 19.3 Å². The largest absolute Gasteiger partial charge is 0.384 e. The summed E-state index contributed by atoms with van der Waals surface area (Å²) in [6, 6.07) is 21.9. The van der Waals surface area contributed by atoms with Crippen molar-refractivity contribution in [2.75, 3.05) is 116 Å². The molecule has 0 unspecified atom stereocenters. The molecule has 0 bridgehead atoms. The van der Waals surface area contributed by atoms with Crippen LogP contribution in [0.1, 0.15) is 37.1 Å². The zero-order chi connectivity index (χ0) is 45.6. The van der Waals surface area contributed by atoms with E-state index in [0.29, 0.717) is 94.3 Å². The van der Waals surface area contributed by atoms with Gasteiger partial charge in [-0.2, -0.15) is 4.98 Å². The Morgan fingerprint density at radius 3 is 2.15 bits per heavy atom. The van der Waals surface area contributed by atoms with Gasteiger partial charge >= 0.3 is 0 Å². The van der Waals surface area contributed by atoms with Crippen LogP contribution in [0.15, 0.2) is 90.4 Å². The van der Waals surface area contributed by atoms with Gasteiger partial charge < -0.3 is 39.2 Å². The maximum Gasteiger partial charge on any atom is 0.278 e. The summed E-state index contributed by atoms with van der Waals surface area (Å²) in [5.41, 5.74) is 3.75. The number of hydrogen-bond acceptors (Lipinski definition) is 14. The van der Waals surface area contributed by atoms with Gasteiger partial charge in [0.1, 0.15) is 11.0 Å². The van der Waals surface area contributed by atoms with Crippen molar-refractivity contribution in [2.24, 2.45) is 0 Å². The molecule has 0 radical (unpaired) electrons. The third kappa shape index (κ3) is 13.1. The predicted molar refractivity (Wildman–Crippen MR) is 251 cm³/mol. The van der Waals surface area contributed by atoms with Gasteiger partial charge in [0, 0.05) is 90.1 Å². The Labute approximate surface area is 381 Å². The zero-order valence-electron chi connectivity index (χ0n) is 38.1. The number of ether oxygens (including phenoxy) is 4. The second kappa shape index (κ2) is 23.1. The predicted octanol–water partition coefficient (Wildman–Crippen LogP) is 4.19. The molecule has 0 atom stereocenters. The molecule has 2 fully saturated rings. The lowest BCUT2D eigenvalue weighted by Gasteiger charge is -2.36. The van der Waals surface area contributed by atoms with Crippen LogP contribution in [0.25, 0.3) is 16.9 Å². The van der Waals surface area contributed by atoms with E-state index >= 15 is 0 Å². The van der Waals surface area contributed by atoms with Crippen LogP contribution in [0, 0.1) is 0 Å². The molecule has 348 valence electrons. The van der Waals surface area contributed by atoms with Crippen molar-refractivity contribution in [3.05, 3.63) is 113 Å². The first kappa shape index (κ1) is 47.4. The van der Waals surface area contributed by atoms with Gasteiger partial charge in [-0.15, -0.1) is 6.58 Å². The SMILES string of the molecule is C=CCn1c(=O)c2cnc(Nc3ccc(N4CCN(C(=O)CCOCCOCCOCCN5CCN(Cc6ccc(COC)cc6)CC5)CC4)cc3)nc2n1-c1cccc(C(C)(C)O)n1. The number of amides is 1. The Kier molecular flexibility index (Phi) is 16.8. The minimum Gasteiger partial charge on any atom is -0.384 e. The molecule has 5 aromatic rings. The highest BCUT2D eigenvalue weighted by Crippen LogP contribution is 2.24. The number of methoxy groups -OCH3 is 1. The van der Waals surface area contributed by atoms with Crippen molar-refractivity contribution in [3.8, 4) is 5.82 Å². The lowest BCUT2D eigenvalue weighted by molar-refractivity contribution is -0.132. The number of allylic oxidation sites excluding steroid dienone is 1. The summed E-state index contributed by atoms with van der Waals surface area (Å²) in [6.07, 6.45) is 3.48. The third-order valence-electron chi connectivity index (χ3n) is 11.6. The van der Waals surface area contributed by atoms with Gasteiger partial charge in [0.2, 0.25) is 11.9 Å². The number of rotatable bonds is 23. The quantitative estimate of drug-likeness (QED) is 0.0709. The molecule has 65 heavy (non-hydrogen) atoms. The van der Waals surface area contributed by atoms with Crippen LogP contribution >= 0.6 is 0 Å². The van der Waals surface area contributed by atoms with Crippen molar-refractivity contribution >= 4 is 34.3 Å². The van der Waals surface area contributed by atoms with Gasteiger partial charge in [0.15, 0.2) is 11.5 Å². The van der Waals surface area contributed by atoms with Crippen LogP contribution in [0.5, 0.6) is 0 Å². The Bertz CT molecular complexity index is 2350. The van der Waals surface area contributed by atoms with Crippen molar-refractivity contribution in [1.82, 2.24) is 39.0 Å². The first-order chi connectivity index (χ1) is 31.6. The number of hydrogen-bond donors (Lipinski definition) is 2. The number of carbonyl (C=O) groups is 1. The van der Waals surface area contributed by atoms with E-state index in [1.807, 2.05) is 29.2 Å². The molecule has 2 aliphatic rings. The monoisotopic (exact) mass is 892 g/mol. The topological polar surface area (TPSA) is 165 Å². The molecule has 7 rings (SSSR count). The van der Waals surface area contributed by atoms with E-state index in [0.717, 1.165) is 63.7 Å². The molecule has 17 nitrogen and oxygen atoms in total. The van der Waals surface area contributed by atoms with Crippen LogP contribution in [0.2, 0.25) is 0 Å².